The molecule has 0 saturated carbocycles. The van der Waals surface area contributed by atoms with E-state index in [0.717, 1.165) is 17.5 Å². The molecule has 0 amide bonds. The van der Waals surface area contributed by atoms with E-state index in [-0.39, 0.29) is 0 Å². The highest BCUT2D eigenvalue weighted by molar-refractivity contribution is 7.24. The molecule has 0 fully saturated rings. The fourth-order valence-corrected chi connectivity index (χ4v) is 8.40. The Bertz CT molecular complexity index is 1540. The zero-order valence-electron chi connectivity index (χ0n) is 17.4. The highest BCUT2D eigenvalue weighted by Gasteiger charge is 2.17. The van der Waals surface area contributed by atoms with Crippen LogP contribution in [0.3, 0.4) is 0 Å². The monoisotopic (exact) mass is 506 g/mol. The average molecular weight is 507 g/mol. The van der Waals surface area contributed by atoms with E-state index in [2.05, 4.69) is 74.5 Å². The van der Waals surface area contributed by atoms with Crippen molar-refractivity contribution in [3.8, 4) is 40.4 Å². The van der Waals surface area contributed by atoms with Crippen molar-refractivity contribution in [2.45, 2.75) is 20.3 Å². The maximum Gasteiger partial charge on any atom is 0.114 e. The molecule has 0 spiro atoms. The lowest BCUT2D eigenvalue weighted by atomic mass is 10.1. The van der Waals surface area contributed by atoms with Crippen molar-refractivity contribution in [1.29, 1.82) is 0 Å². The molecule has 0 atom stereocenters. The zero-order valence-corrected chi connectivity index (χ0v) is 21.5. The quantitative estimate of drug-likeness (QED) is 0.233. The number of fused-ring (bicyclic) bond motifs is 1. The molecule has 0 aliphatic rings. The Morgan fingerprint density at radius 2 is 1.06 bits per heavy atom. The number of nitrogens with zero attached hydrogens (tertiary/aromatic N) is 2. The largest absolute Gasteiger partial charge is 0.172 e. The van der Waals surface area contributed by atoms with Gasteiger partial charge in [-0.3, -0.25) is 0 Å². The number of rotatable bonds is 5. The number of thiophene rings is 4. The van der Waals surface area contributed by atoms with Gasteiger partial charge < -0.3 is 0 Å². The van der Waals surface area contributed by atoms with Gasteiger partial charge in [0.05, 0.1) is 11.7 Å². The average Bonchev–Trinajstić information content (AvgIpc) is 3.62. The maximum absolute atomic E-state index is 4.70. The third-order valence-corrected chi connectivity index (χ3v) is 10.8. The predicted octanol–water partition coefficient (Wildman–Crippen LogP) is 9.48. The molecular weight excluding hydrogens is 489 g/mol. The van der Waals surface area contributed by atoms with Crippen molar-refractivity contribution in [2.24, 2.45) is 0 Å². The first kappa shape index (κ1) is 20.4. The molecule has 0 N–H and O–H groups in total. The molecule has 32 heavy (non-hydrogen) atoms. The van der Waals surface area contributed by atoms with Gasteiger partial charge in [0.15, 0.2) is 0 Å². The number of hydrogen-bond donors (Lipinski definition) is 0. The Hall–Kier alpha value is -2.16. The molecule has 0 bridgehead atoms. The molecule has 0 radical (unpaired) electrons. The van der Waals surface area contributed by atoms with E-state index in [1.807, 2.05) is 45.3 Å². The van der Waals surface area contributed by atoms with E-state index in [1.54, 1.807) is 0 Å². The van der Waals surface area contributed by atoms with Crippen LogP contribution in [0.15, 0.2) is 60.7 Å². The molecular formula is C25H18N2S5. The highest BCUT2D eigenvalue weighted by atomic mass is 32.1. The minimum atomic E-state index is 1.00. The van der Waals surface area contributed by atoms with E-state index in [0.29, 0.717) is 0 Å². The Morgan fingerprint density at radius 3 is 1.59 bits per heavy atom. The standard InChI is InChI=1S/C25H18N2S5/c1-3-15-5-9-21(29-15)23-13-11-19(31-23)17-7-6-16(24-25(17)27-32-26-24)18-10-12-22(30-18)20-8-4-14(2)28-20/h4-13H,3H2,1-2H3. The lowest BCUT2D eigenvalue weighted by molar-refractivity contribution is 1.19. The molecule has 0 saturated heterocycles. The summed E-state index contributed by atoms with van der Waals surface area (Å²) in [6, 6.07) is 22.2. The maximum atomic E-state index is 4.70. The fourth-order valence-electron chi connectivity index (χ4n) is 3.76. The van der Waals surface area contributed by atoms with Crippen LogP contribution in [0.1, 0.15) is 16.7 Å². The minimum Gasteiger partial charge on any atom is -0.172 e. The van der Waals surface area contributed by atoms with Crippen LogP contribution in [0.5, 0.6) is 0 Å². The van der Waals surface area contributed by atoms with Crippen LogP contribution in [-0.2, 0) is 6.42 Å². The summed E-state index contributed by atoms with van der Waals surface area (Å²) in [5, 5.41) is 0. The van der Waals surface area contributed by atoms with Gasteiger partial charge in [-0.1, -0.05) is 19.1 Å². The number of benzene rings is 1. The third kappa shape index (κ3) is 3.58. The summed E-state index contributed by atoms with van der Waals surface area (Å²) in [5.41, 5.74) is 4.35. The first-order chi connectivity index (χ1) is 15.7. The van der Waals surface area contributed by atoms with Crippen LogP contribution in [0.2, 0.25) is 0 Å². The Balaban J connectivity index is 1.39. The van der Waals surface area contributed by atoms with Gasteiger partial charge in [0.1, 0.15) is 11.0 Å². The summed E-state index contributed by atoms with van der Waals surface area (Å²) in [4.78, 5) is 10.6. The van der Waals surface area contributed by atoms with E-state index in [9.17, 15) is 0 Å². The first-order valence-electron chi connectivity index (χ1n) is 10.3. The second kappa shape index (κ2) is 8.32. The van der Waals surface area contributed by atoms with Gasteiger partial charge in [0.25, 0.3) is 0 Å². The summed E-state index contributed by atoms with van der Waals surface area (Å²) in [5.74, 6) is 0. The van der Waals surface area contributed by atoms with Gasteiger partial charge >= 0.3 is 0 Å². The molecule has 2 nitrogen and oxygen atoms in total. The van der Waals surface area contributed by atoms with E-state index in [4.69, 9.17) is 8.75 Å². The second-order valence-corrected chi connectivity index (χ2v) is 12.6. The summed E-state index contributed by atoms with van der Waals surface area (Å²) in [6.07, 6.45) is 1.09. The smallest absolute Gasteiger partial charge is 0.114 e. The number of hydrogen-bond acceptors (Lipinski definition) is 7. The number of aromatic nitrogens is 2. The van der Waals surface area contributed by atoms with Crippen molar-refractivity contribution in [3.63, 3.8) is 0 Å². The lowest BCUT2D eigenvalue weighted by Gasteiger charge is -2.03. The van der Waals surface area contributed by atoms with Gasteiger partial charge in [0, 0.05) is 50.1 Å². The van der Waals surface area contributed by atoms with Crippen molar-refractivity contribution in [2.75, 3.05) is 0 Å². The summed E-state index contributed by atoms with van der Waals surface area (Å²) in [7, 11) is 0. The molecule has 6 rings (SSSR count). The van der Waals surface area contributed by atoms with E-state index < -0.39 is 0 Å². The van der Waals surface area contributed by atoms with Gasteiger partial charge in [-0.05, 0) is 61.9 Å². The van der Waals surface area contributed by atoms with Crippen LogP contribution in [0.4, 0.5) is 0 Å². The Morgan fingerprint density at radius 1 is 0.562 bits per heavy atom. The summed E-state index contributed by atoms with van der Waals surface area (Å²) < 4.78 is 9.39. The highest BCUT2D eigenvalue weighted by Crippen LogP contribution is 2.43. The van der Waals surface area contributed by atoms with Gasteiger partial charge in [-0.15, -0.1) is 45.3 Å². The van der Waals surface area contributed by atoms with Gasteiger partial charge in [0.2, 0.25) is 0 Å². The van der Waals surface area contributed by atoms with Crippen LogP contribution in [-0.4, -0.2) is 8.75 Å². The molecule has 5 aromatic heterocycles. The lowest BCUT2D eigenvalue weighted by Crippen LogP contribution is -1.81. The van der Waals surface area contributed by atoms with Crippen molar-refractivity contribution < 1.29 is 0 Å². The topological polar surface area (TPSA) is 25.8 Å². The van der Waals surface area contributed by atoms with Crippen LogP contribution >= 0.6 is 57.1 Å². The van der Waals surface area contributed by atoms with Crippen molar-refractivity contribution in [1.82, 2.24) is 8.75 Å². The molecule has 0 aliphatic carbocycles. The normalized spacial score (nSPS) is 11.6. The van der Waals surface area contributed by atoms with Gasteiger partial charge in [-0.2, -0.15) is 8.75 Å². The van der Waals surface area contributed by atoms with E-state index >= 15 is 0 Å². The van der Waals surface area contributed by atoms with Crippen molar-refractivity contribution in [3.05, 3.63) is 70.4 Å². The second-order valence-electron chi connectivity index (χ2n) is 7.48. The minimum absolute atomic E-state index is 1.00. The Kier molecular flexibility index (Phi) is 5.31. The van der Waals surface area contributed by atoms with Crippen LogP contribution in [0, 0.1) is 6.92 Å². The van der Waals surface area contributed by atoms with E-state index in [1.165, 1.54) is 61.9 Å². The molecule has 158 valence electrons. The fraction of sp³-hybridized carbons (Fsp3) is 0.120. The molecule has 6 aromatic rings. The summed E-state index contributed by atoms with van der Waals surface area (Å²) >= 11 is 8.70. The molecule has 0 unspecified atom stereocenters. The molecule has 7 heteroatoms. The van der Waals surface area contributed by atoms with Gasteiger partial charge in [-0.25, -0.2) is 0 Å². The number of aryl methyl sites for hydroxylation is 2. The van der Waals surface area contributed by atoms with Crippen LogP contribution in [0.25, 0.3) is 51.4 Å². The van der Waals surface area contributed by atoms with Crippen molar-refractivity contribution >= 4 is 68.1 Å². The van der Waals surface area contributed by atoms with Crippen LogP contribution < -0.4 is 0 Å². The predicted molar refractivity (Wildman–Crippen MR) is 145 cm³/mol. The molecule has 0 aliphatic heterocycles. The summed E-state index contributed by atoms with van der Waals surface area (Å²) in [6.45, 7) is 4.37. The molecule has 5 heterocycles. The SMILES string of the molecule is CCc1ccc(-c2ccc(-c3ccc(-c4ccc(-c5ccc(C)s5)s4)c4nsnc34)s2)s1. The third-order valence-electron chi connectivity index (χ3n) is 5.39. The zero-order chi connectivity index (χ0) is 21.7. The first-order valence-corrected chi connectivity index (χ1v) is 14.3. The molecule has 1 aromatic carbocycles. The Labute approximate surface area is 206 Å².